The van der Waals surface area contributed by atoms with Gasteiger partial charge in [0.25, 0.3) is 0 Å². The molecule has 66 valence electrons. The van der Waals surface area contributed by atoms with Crippen LogP contribution in [-0.2, 0) is 0 Å². The summed E-state index contributed by atoms with van der Waals surface area (Å²) in [5.74, 6) is -0.119. The lowest BCUT2D eigenvalue weighted by Gasteiger charge is -2.14. The van der Waals surface area contributed by atoms with Crippen LogP contribution in [0.25, 0.3) is 0 Å². The summed E-state index contributed by atoms with van der Waals surface area (Å²) in [6, 6.07) is 2.95. The number of rotatable bonds is 2. The van der Waals surface area contributed by atoms with E-state index in [0.29, 0.717) is 5.92 Å². The number of nitrogens with two attached hydrogens (primary N) is 1. The average Bonchev–Trinajstić information content (AvgIpc) is 2.04. The summed E-state index contributed by atoms with van der Waals surface area (Å²) < 4.78 is 12.4. The second-order valence-corrected chi connectivity index (χ2v) is 3.18. The lowest BCUT2D eigenvalue weighted by atomic mass is 9.99. The van der Waals surface area contributed by atoms with E-state index in [1.165, 1.54) is 12.3 Å². The van der Waals surface area contributed by atoms with E-state index in [4.69, 9.17) is 5.73 Å². The minimum absolute atomic E-state index is 0.0573. The number of halogens is 1. The maximum absolute atomic E-state index is 12.4. The van der Waals surface area contributed by atoms with Crippen LogP contribution in [-0.4, -0.2) is 4.98 Å². The van der Waals surface area contributed by atoms with Crippen molar-refractivity contribution in [2.45, 2.75) is 19.9 Å². The van der Waals surface area contributed by atoms with Crippen LogP contribution in [0.3, 0.4) is 0 Å². The molecule has 0 aromatic carbocycles. The number of pyridine rings is 1. The Labute approximate surface area is 71.6 Å². The van der Waals surface area contributed by atoms with Crippen LogP contribution >= 0.6 is 0 Å². The highest BCUT2D eigenvalue weighted by atomic mass is 19.1. The molecule has 0 aliphatic carbocycles. The van der Waals surface area contributed by atoms with Crippen molar-refractivity contribution >= 4 is 0 Å². The standard InChI is InChI=1S/C9H13FN2/c1-6(2)9(11)7-3-4-8(10)12-5-7/h3-6,9H,11H2,1-2H3/t9-/m0/s1. The Morgan fingerprint density at radius 1 is 1.42 bits per heavy atom. The molecule has 2 N–H and O–H groups in total. The number of hydrogen-bond acceptors (Lipinski definition) is 2. The third-order valence-corrected chi connectivity index (χ3v) is 1.85. The molecule has 2 nitrogen and oxygen atoms in total. The molecule has 0 saturated carbocycles. The van der Waals surface area contributed by atoms with Gasteiger partial charge in [0.15, 0.2) is 0 Å². The normalized spacial score (nSPS) is 13.4. The summed E-state index contributed by atoms with van der Waals surface area (Å²) >= 11 is 0. The van der Waals surface area contributed by atoms with E-state index < -0.39 is 5.95 Å². The van der Waals surface area contributed by atoms with Crippen molar-refractivity contribution < 1.29 is 4.39 Å². The molecular weight excluding hydrogens is 155 g/mol. The fourth-order valence-corrected chi connectivity index (χ4v) is 0.969. The summed E-state index contributed by atoms with van der Waals surface area (Å²) in [5, 5.41) is 0. The van der Waals surface area contributed by atoms with Crippen LogP contribution in [0.15, 0.2) is 18.3 Å². The predicted molar refractivity (Wildman–Crippen MR) is 46.0 cm³/mol. The third-order valence-electron chi connectivity index (χ3n) is 1.85. The summed E-state index contributed by atoms with van der Waals surface area (Å²) in [6.45, 7) is 4.04. The monoisotopic (exact) mass is 168 g/mol. The SMILES string of the molecule is CC(C)[C@H](N)c1ccc(F)nc1. The van der Waals surface area contributed by atoms with Gasteiger partial charge in [-0.05, 0) is 17.5 Å². The van der Waals surface area contributed by atoms with Crippen molar-refractivity contribution in [1.82, 2.24) is 4.98 Å². The molecule has 1 heterocycles. The zero-order valence-electron chi connectivity index (χ0n) is 7.29. The molecule has 0 saturated heterocycles. The summed E-state index contributed by atoms with van der Waals surface area (Å²) in [4.78, 5) is 3.54. The van der Waals surface area contributed by atoms with Gasteiger partial charge >= 0.3 is 0 Å². The molecule has 1 atom stereocenters. The molecule has 3 heteroatoms. The zero-order valence-corrected chi connectivity index (χ0v) is 7.29. The predicted octanol–water partition coefficient (Wildman–Crippen LogP) is 1.88. The first-order valence-corrected chi connectivity index (χ1v) is 3.98. The van der Waals surface area contributed by atoms with Crippen molar-refractivity contribution in [2.24, 2.45) is 11.7 Å². The Hall–Kier alpha value is -0.960. The van der Waals surface area contributed by atoms with Gasteiger partial charge in [-0.3, -0.25) is 0 Å². The molecule has 0 aliphatic heterocycles. The Morgan fingerprint density at radius 3 is 2.50 bits per heavy atom. The number of hydrogen-bond donors (Lipinski definition) is 1. The molecule has 0 bridgehead atoms. The minimum atomic E-state index is -0.463. The molecule has 1 aromatic heterocycles. The first kappa shape index (κ1) is 9.13. The molecule has 0 aliphatic rings. The highest BCUT2D eigenvalue weighted by molar-refractivity contribution is 5.14. The average molecular weight is 168 g/mol. The zero-order chi connectivity index (χ0) is 9.14. The Balaban J connectivity index is 2.82. The second kappa shape index (κ2) is 3.63. The van der Waals surface area contributed by atoms with Crippen molar-refractivity contribution in [3.63, 3.8) is 0 Å². The van der Waals surface area contributed by atoms with E-state index in [2.05, 4.69) is 4.98 Å². The second-order valence-electron chi connectivity index (χ2n) is 3.18. The van der Waals surface area contributed by atoms with Crippen molar-refractivity contribution in [2.75, 3.05) is 0 Å². The Morgan fingerprint density at radius 2 is 2.08 bits per heavy atom. The highest BCUT2D eigenvalue weighted by Gasteiger charge is 2.09. The van der Waals surface area contributed by atoms with Crippen LogP contribution in [0.2, 0.25) is 0 Å². The van der Waals surface area contributed by atoms with Crippen LogP contribution in [0.5, 0.6) is 0 Å². The van der Waals surface area contributed by atoms with E-state index in [1.807, 2.05) is 13.8 Å². The summed E-state index contributed by atoms with van der Waals surface area (Å²) in [5.41, 5.74) is 6.71. The number of nitrogens with zero attached hydrogens (tertiary/aromatic N) is 1. The van der Waals surface area contributed by atoms with Gasteiger partial charge in [-0.2, -0.15) is 4.39 Å². The minimum Gasteiger partial charge on any atom is -0.324 e. The van der Waals surface area contributed by atoms with Gasteiger partial charge in [-0.1, -0.05) is 19.9 Å². The van der Waals surface area contributed by atoms with E-state index >= 15 is 0 Å². The largest absolute Gasteiger partial charge is 0.324 e. The molecule has 1 aromatic rings. The van der Waals surface area contributed by atoms with E-state index in [-0.39, 0.29) is 6.04 Å². The van der Waals surface area contributed by atoms with Gasteiger partial charge in [0.2, 0.25) is 5.95 Å². The molecule has 12 heavy (non-hydrogen) atoms. The van der Waals surface area contributed by atoms with Crippen LogP contribution in [0.4, 0.5) is 4.39 Å². The van der Waals surface area contributed by atoms with Gasteiger partial charge in [-0.25, -0.2) is 4.98 Å². The topological polar surface area (TPSA) is 38.9 Å². The first-order valence-electron chi connectivity index (χ1n) is 3.98. The molecule has 0 fully saturated rings. The maximum atomic E-state index is 12.4. The van der Waals surface area contributed by atoms with Gasteiger partial charge < -0.3 is 5.73 Å². The van der Waals surface area contributed by atoms with Gasteiger partial charge in [-0.15, -0.1) is 0 Å². The van der Waals surface area contributed by atoms with Crippen LogP contribution in [0, 0.1) is 11.9 Å². The third kappa shape index (κ3) is 2.01. The van der Waals surface area contributed by atoms with E-state index in [9.17, 15) is 4.39 Å². The van der Waals surface area contributed by atoms with E-state index in [1.54, 1.807) is 6.07 Å². The Kier molecular flexibility index (Phi) is 2.76. The van der Waals surface area contributed by atoms with Crippen molar-refractivity contribution in [3.05, 3.63) is 29.8 Å². The molecule has 1 rings (SSSR count). The first-order chi connectivity index (χ1) is 5.61. The molecule has 0 radical (unpaired) electrons. The van der Waals surface area contributed by atoms with Gasteiger partial charge in [0.1, 0.15) is 0 Å². The van der Waals surface area contributed by atoms with Crippen LogP contribution < -0.4 is 5.73 Å². The summed E-state index contributed by atoms with van der Waals surface area (Å²) in [7, 11) is 0. The Bertz CT molecular complexity index is 243. The van der Waals surface area contributed by atoms with Crippen LogP contribution in [0.1, 0.15) is 25.5 Å². The maximum Gasteiger partial charge on any atom is 0.212 e. The fraction of sp³-hybridized carbons (Fsp3) is 0.444. The lowest BCUT2D eigenvalue weighted by Crippen LogP contribution is -2.16. The van der Waals surface area contributed by atoms with E-state index in [0.717, 1.165) is 5.56 Å². The number of aromatic nitrogens is 1. The molecular formula is C9H13FN2. The van der Waals surface area contributed by atoms with Crippen molar-refractivity contribution in [3.8, 4) is 0 Å². The molecule has 0 unspecified atom stereocenters. The van der Waals surface area contributed by atoms with Gasteiger partial charge in [0, 0.05) is 12.2 Å². The van der Waals surface area contributed by atoms with Gasteiger partial charge in [0.05, 0.1) is 0 Å². The lowest BCUT2D eigenvalue weighted by molar-refractivity contribution is 0.508. The molecule has 0 amide bonds. The summed E-state index contributed by atoms with van der Waals surface area (Å²) in [6.07, 6.45) is 1.49. The quantitative estimate of drug-likeness (QED) is 0.685. The fourth-order valence-electron chi connectivity index (χ4n) is 0.969. The highest BCUT2D eigenvalue weighted by Crippen LogP contribution is 2.17. The van der Waals surface area contributed by atoms with Crippen molar-refractivity contribution in [1.29, 1.82) is 0 Å². The smallest absolute Gasteiger partial charge is 0.212 e. The molecule has 0 spiro atoms.